The number of carbonyl (C=O) groups excluding carboxylic acids is 1. The van der Waals surface area contributed by atoms with Gasteiger partial charge in [-0.15, -0.1) is 10.2 Å². The Labute approximate surface area is 171 Å². The summed E-state index contributed by atoms with van der Waals surface area (Å²) in [5, 5.41) is 10.8. The maximum Gasteiger partial charge on any atom is 0.277 e. The lowest BCUT2D eigenvalue weighted by Crippen LogP contribution is -2.22. The van der Waals surface area contributed by atoms with Crippen LogP contribution in [0.3, 0.4) is 0 Å². The van der Waals surface area contributed by atoms with E-state index in [1.165, 1.54) is 11.8 Å². The number of ether oxygens (including phenoxy) is 3. The Morgan fingerprint density at radius 3 is 2.76 bits per heavy atom. The number of anilines is 1. The molecule has 1 atom stereocenters. The van der Waals surface area contributed by atoms with Crippen molar-refractivity contribution in [3.63, 3.8) is 0 Å². The number of rotatable bonds is 7. The molecule has 8 nitrogen and oxygen atoms in total. The fraction of sp³-hybridized carbons (Fsp3) is 0.250. The highest BCUT2D eigenvalue weighted by Gasteiger charge is 2.20. The van der Waals surface area contributed by atoms with E-state index in [9.17, 15) is 4.79 Å². The smallest absolute Gasteiger partial charge is 0.277 e. The first-order chi connectivity index (χ1) is 14.1. The second-order valence-electron chi connectivity index (χ2n) is 6.15. The Bertz CT molecular complexity index is 1010. The lowest BCUT2D eigenvalue weighted by molar-refractivity contribution is -0.115. The predicted molar refractivity (Wildman–Crippen MR) is 107 cm³/mol. The van der Waals surface area contributed by atoms with Crippen LogP contribution in [0, 0.1) is 0 Å². The van der Waals surface area contributed by atoms with Crippen LogP contribution in [0.1, 0.15) is 13.8 Å². The van der Waals surface area contributed by atoms with Gasteiger partial charge in [-0.25, -0.2) is 0 Å². The Balaban J connectivity index is 1.37. The summed E-state index contributed by atoms with van der Waals surface area (Å²) in [5.41, 5.74) is 1.41. The van der Waals surface area contributed by atoms with Gasteiger partial charge in [0.1, 0.15) is 5.75 Å². The number of benzene rings is 2. The highest BCUT2D eigenvalue weighted by atomic mass is 32.2. The minimum atomic E-state index is -0.436. The maximum atomic E-state index is 12.5. The normalized spacial score (nSPS) is 13.2. The lowest BCUT2D eigenvalue weighted by atomic mass is 10.2. The molecule has 0 bridgehead atoms. The number of fused-ring (bicyclic) bond motifs is 1. The molecule has 1 aliphatic rings. The van der Waals surface area contributed by atoms with Gasteiger partial charge < -0.3 is 23.9 Å². The maximum absolute atomic E-state index is 12.5. The fourth-order valence-corrected chi connectivity index (χ4v) is 3.34. The Morgan fingerprint density at radius 1 is 1.17 bits per heavy atom. The largest absolute Gasteiger partial charge is 0.494 e. The van der Waals surface area contributed by atoms with Crippen molar-refractivity contribution in [2.24, 2.45) is 0 Å². The molecule has 4 rings (SSSR count). The molecule has 0 saturated carbocycles. The van der Waals surface area contributed by atoms with Crippen LogP contribution in [0.4, 0.5) is 5.69 Å². The van der Waals surface area contributed by atoms with Crippen molar-refractivity contribution in [3.05, 3.63) is 42.5 Å². The summed E-state index contributed by atoms with van der Waals surface area (Å²) in [6.07, 6.45) is 0. The standard InChI is InChI=1S/C20H19N3O5S/c1-3-25-15-7-4-13(5-8-15)19-22-23-20(28-19)29-12(2)18(24)21-14-6-9-16-17(10-14)27-11-26-16/h4-10,12H,3,11H2,1-2H3,(H,21,24)/t12-/m0/s1. The molecule has 0 saturated heterocycles. The van der Waals surface area contributed by atoms with E-state index in [0.29, 0.717) is 34.9 Å². The van der Waals surface area contributed by atoms with Gasteiger partial charge in [-0.3, -0.25) is 4.79 Å². The average Bonchev–Trinajstić information content (AvgIpc) is 3.38. The highest BCUT2D eigenvalue weighted by molar-refractivity contribution is 8.00. The molecule has 0 spiro atoms. The number of aromatic nitrogens is 2. The minimum absolute atomic E-state index is 0.185. The quantitative estimate of drug-likeness (QED) is 0.581. The molecule has 150 valence electrons. The second-order valence-corrected chi connectivity index (χ2v) is 7.44. The molecular formula is C20H19N3O5S. The van der Waals surface area contributed by atoms with Crippen LogP contribution in [0.2, 0.25) is 0 Å². The number of hydrogen-bond donors (Lipinski definition) is 1. The number of nitrogens with zero attached hydrogens (tertiary/aromatic N) is 2. The average molecular weight is 413 g/mol. The molecule has 1 amide bonds. The van der Waals surface area contributed by atoms with Crippen molar-refractivity contribution in [1.82, 2.24) is 10.2 Å². The van der Waals surface area contributed by atoms with Crippen LogP contribution < -0.4 is 19.5 Å². The molecule has 9 heteroatoms. The van der Waals surface area contributed by atoms with E-state index in [-0.39, 0.29) is 12.7 Å². The summed E-state index contributed by atoms with van der Waals surface area (Å²) in [7, 11) is 0. The zero-order valence-corrected chi connectivity index (χ0v) is 16.7. The zero-order chi connectivity index (χ0) is 20.2. The zero-order valence-electron chi connectivity index (χ0n) is 15.9. The van der Waals surface area contributed by atoms with E-state index < -0.39 is 5.25 Å². The fourth-order valence-electron chi connectivity index (χ4n) is 2.66. The van der Waals surface area contributed by atoms with Gasteiger partial charge in [0.15, 0.2) is 11.5 Å². The van der Waals surface area contributed by atoms with E-state index >= 15 is 0 Å². The number of carbonyl (C=O) groups is 1. The Morgan fingerprint density at radius 2 is 1.97 bits per heavy atom. The number of thioether (sulfide) groups is 1. The molecule has 0 unspecified atom stereocenters. The molecule has 0 fully saturated rings. The summed E-state index contributed by atoms with van der Waals surface area (Å²) in [6.45, 7) is 4.49. The summed E-state index contributed by atoms with van der Waals surface area (Å²) in [4.78, 5) is 12.5. The summed E-state index contributed by atoms with van der Waals surface area (Å²) >= 11 is 1.19. The van der Waals surface area contributed by atoms with Crippen LogP contribution in [0.15, 0.2) is 52.1 Å². The molecule has 2 heterocycles. The second kappa shape index (κ2) is 8.44. The third kappa shape index (κ3) is 4.45. The van der Waals surface area contributed by atoms with Crippen molar-refractivity contribution in [1.29, 1.82) is 0 Å². The Kier molecular flexibility index (Phi) is 5.57. The molecule has 1 aromatic heterocycles. The summed E-state index contributed by atoms with van der Waals surface area (Å²) in [5.74, 6) is 2.26. The van der Waals surface area contributed by atoms with Gasteiger partial charge in [0.05, 0.1) is 11.9 Å². The first kappa shape index (κ1) is 19.1. The first-order valence-corrected chi connectivity index (χ1v) is 9.94. The predicted octanol–water partition coefficient (Wildman–Crippen LogP) is 3.98. The van der Waals surface area contributed by atoms with E-state index in [4.69, 9.17) is 18.6 Å². The van der Waals surface area contributed by atoms with E-state index in [0.717, 1.165) is 11.3 Å². The number of hydrogen-bond acceptors (Lipinski definition) is 8. The van der Waals surface area contributed by atoms with E-state index in [1.807, 2.05) is 31.2 Å². The number of nitrogens with one attached hydrogen (secondary N) is 1. The van der Waals surface area contributed by atoms with Crippen LogP contribution in [-0.2, 0) is 4.79 Å². The van der Waals surface area contributed by atoms with Gasteiger partial charge in [0.2, 0.25) is 18.6 Å². The van der Waals surface area contributed by atoms with Gasteiger partial charge in [0, 0.05) is 17.3 Å². The summed E-state index contributed by atoms with van der Waals surface area (Å²) < 4.78 is 21.7. The highest BCUT2D eigenvalue weighted by Crippen LogP contribution is 2.34. The summed E-state index contributed by atoms with van der Waals surface area (Å²) in [6, 6.07) is 12.6. The molecule has 2 aromatic carbocycles. The van der Waals surface area contributed by atoms with Crippen LogP contribution >= 0.6 is 11.8 Å². The molecule has 29 heavy (non-hydrogen) atoms. The Hall–Kier alpha value is -3.20. The van der Waals surface area contributed by atoms with Crippen molar-refractivity contribution in [3.8, 4) is 28.7 Å². The van der Waals surface area contributed by atoms with Gasteiger partial charge in [0.25, 0.3) is 5.22 Å². The van der Waals surface area contributed by atoms with Crippen molar-refractivity contribution in [2.45, 2.75) is 24.3 Å². The molecule has 1 N–H and O–H groups in total. The third-order valence-electron chi connectivity index (χ3n) is 4.11. The molecule has 0 radical (unpaired) electrons. The SMILES string of the molecule is CCOc1ccc(-c2nnc(S[C@@H](C)C(=O)Nc3ccc4c(c3)OCO4)o2)cc1. The van der Waals surface area contributed by atoms with E-state index in [1.54, 1.807) is 25.1 Å². The van der Waals surface area contributed by atoms with Crippen molar-refractivity contribution >= 4 is 23.4 Å². The third-order valence-corrected chi connectivity index (χ3v) is 5.04. The van der Waals surface area contributed by atoms with Gasteiger partial charge >= 0.3 is 0 Å². The molecule has 3 aromatic rings. The van der Waals surface area contributed by atoms with E-state index in [2.05, 4.69) is 15.5 Å². The molecule has 1 aliphatic heterocycles. The molecule has 0 aliphatic carbocycles. The van der Waals surface area contributed by atoms with Crippen molar-refractivity contribution in [2.75, 3.05) is 18.7 Å². The van der Waals surface area contributed by atoms with Crippen molar-refractivity contribution < 1.29 is 23.4 Å². The topological polar surface area (TPSA) is 95.7 Å². The monoisotopic (exact) mass is 413 g/mol. The van der Waals surface area contributed by atoms with Gasteiger partial charge in [-0.05, 0) is 50.2 Å². The van der Waals surface area contributed by atoms with Crippen LogP contribution in [0.25, 0.3) is 11.5 Å². The van der Waals surface area contributed by atoms with Gasteiger partial charge in [-0.2, -0.15) is 0 Å². The first-order valence-electron chi connectivity index (χ1n) is 9.06. The van der Waals surface area contributed by atoms with Gasteiger partial charge in [-0.1, -0.05) is 11.8 Å². The molecular weight excluding hydrogens is 394 g/mol. The van der Waals surface area contributed by atoms with Crippen LogP contribution in [-0.4, -0.2) is 34.8 Å². The lowest BCUT2D eigenvalue weighted by Gasteiger charge is -2.10. The number of amides is 1. The minimum Gasteiger partial charge on any atom is -0.494 e. The van der Waals surface area contributed by atoms with Crippen LogP contribution in [0.5, 0.6) is 17.2 Å².